The number of rotatable bonds is 7. The summed E-state index contributed by atoms with van der Waals surface area (Å²) in [5.74, 6) is 0.301. The molecule has 0 spiro atoms. The number of guanidine groups is 1. The van der Waals surface area contributed by atoms with Crippen molar-refractivity contribution in [1.29, 1.82) is 0 Å². The molecule has 1 amide bonds. The molecule has 29 heavy (non-hydrogen) atoms. The minimum absolute atomic E-state index is 0.0608. The Hall–Kier alpha value is -3.30. The maximum absolute atomic E-state index is 12.5. The van der Waals surface area contributed by atoms with Gasteiger partial charge in [-0.2, -0.15) is 0 Å². The molecule has 0 aliphatic heterocycles. The van der Waals surface area contributed by atoms with Crippen molar-refractivity contribution < 1.29 is 22.7 Å². The van der Waals surface area contributed by atoms with Crippen molar-refractivity contribution in [3.8, 4) is 5.75 Å². The van der Waals surface area contributed by atoms with Gasteiger partial charge in [-0.05, 0) is 25.1 Å². The fourth-order valence-electron chi connectivity index (χ4n) is 2.39. The number of nitrogens with one attached hydrogen (secondary N) is 3. The number of hydrogen-bond donors (Lipinski definition) is 3. The quantitative estimate of drug-likeness (QED) is 0.483. The van der Waals surface area contributed by atoms with Gasteiger partial charge in [-0.3, -0.25) is 9.79 Å². The topological polar surface area (TPSA) is 87.6 Å². The molecule has 2 aromatic rings. The fraction of sp³-hybridized carbons (Fsp3) is 0.316. The highest BCUT2D eigenvalue weighted by Crippen LogP contribution is 2.26. The molecule has 10 heteroatoms. The zero-order valence-corrected chi connectivity index (χ0v) is 16.0. The minimum Gasteiger partial charge on any atom is -0.405 e. The lowest BCUT2D eigenvalue weighted by Gasteiger charge is -2.15. The first kappa shape index (κ1) is 22.0. The molecule has 1 heterocycles. The van der Waals surface area contributed by atoms with Crippen LogP contribution in [-0.2, 0) is 11.3 Å². The first-order chi connectivity index (χ1) is 13.8. The molecule has 0 atom stereocenters. The van der Waals surface area contributed by atoms with Gasteiger partial charge in [0, 0.05) is 37.8 Å². The number of alkyl halides is 3. The van der Waals surface area contributed by atoms with Crippen molar-refractivity contribution in [3.63, 3.8) is 0 Å². The summed E-state index contributed by atoms with van der Waals surface area (Å²) in [6, 6.07) is 11.1. The number of benzene rings is 1. The number of carbonyl (C=O) groups excluding carboxylic acids is 1. The number of halogens is 3. The predicted molar refractivity (Wildman–Crippen MR) is 104 cm³/mol. The summed E-state index contributed by atoms with van der Waals surface area (Å²) >= 11 is 0. The summed E-state index contributed by atoms with van der Waals surface area (Å²) in [5, 5.41) is 8.51. The third-order valence-corrected chi connectivity index (χ3v) is 3.67. The van der Waals surface area contributed by atoms with Crippen LogP contribution in [0.2, 0.25) is 0 Å². The Morgan fingerprint density at radius 1 is 1.14 bits per heavy atom. The van der Waals surface area contributed by atoms with E-state index in [-0.39, 0.29) is 31.2 Å². The molecule has 7 nitrogen and oxygen atoms in total. The van der Waals surface area contributed by atoms with E-state index < -0.39 is 6.36 Å². The van der Waals surface area contributed by atoms with E-state index in [0.717, 1.165) is 5.69 Å². The molecule has 3 N–H and O–H groups in total. The first-order valence-corrected chi connectivity index (χ1v) is 8.78. The lowest BCUT2D eigenvalue weighted by molar-refractivity contribution is -0.274. The number of ether oxygens (including phenoxy) is 1. The van der Waals surface area contributed by atoms with Crippen molar-refractivity contribution >= 4 is 17.7 Å². The van der Waals surface area contributed by atoms with Crippen LogP contribution < -0.4 is 20.7 Å². The van der Waals surface area contributed by atoms with Crippen molar-refractivity contribution in [3.05, 3.63) is 53.7 Å². The third-order valence-electron chi connectivity index (χ3n) is 3.67. The van der Waals surface area contributed by atoms with E-state index >= 15 is 0 Å². The monoisotopic (exact) mass is 409 g/mol. The van der Waals surface area contributed by atoms with E-state index in [0.29, 0.717) is 17.3 Å². The van der Waals surface area contributed by atoms with E-state index in [2.05, 4.69) is 30.7 Å². The molecule has 0 radical (unpaired) electrons. The van der Waals surface area contributed by atoms with Gasteiger partial charge in [0.05, 0.1) is 0 Å². The van der Waals surface area contributed by atoms with E-state index in [1.165, 1.54) is 25.2 Å². The summed E-state index contributed by atoms with van der Waals surface area (Å²) < 4.78 is 41.5. The highest BCUT2D eigenvalue weighted by molar-refractivity contribution is 5.90. The van der Waals surface area contributed by atoms with Crippen LogP contribution >= 0.6 is 0 Å². The molecular formula is C19H22F3N5O2. The van der Waals surface area contributed by atoms with Gasteiger partial charge in [0.25, 0.3) is 0 Å². The summed E-state index contributed by atoms with van der Waals surface area (Å²) in [4.78, 5) is 20.2. The van der Waals surface area contributed by atoms with Gasteiger partial charge in [0.1, 0.15) is 11.6 Å². The first-order valence-electron chi connectivity index (χ1n) is 8.78. The second-order valence-electron chi connectivity index (χ2n) is 5.97. The average Bonchev–Trinajstić information content (AvgIpc) is 2.64. The molecule has 0 aliphatic carbocycles. The second kappa shape index (κ2) is 10.3. The smallest absolute Gasteiger partial charge is 0.405 e. The summed E-state index contributed by atoms with van der Waals surface area (Å²) in [6.07, 6.45) is -4.61. The number of aryl methyl sites for hydroxylation is 1. The summed E-state index contributed by atoms with van der Waals surface area (Å²) in [6.45, 7) is 2.16. The predicted octanol–water partition coefficient (Wildman–Crippen LogP) is 2.98. The molecule has 0 unspecified atom stereocenters. The molecule has 0 aliphatic rings. The largest absolute Gasteiger partial charge is 0.573 e. The summed E-state index contributed by atoms with van der Waals surface area (Å²) in [5.41, 5.74) is 1.11. The van der Waals surface area contributed by atoms with Gasteiger partial charge < -0.3 is 20.7 Å². The van der Waals surface area contributed by atoms with Crippen LogP contribution in [0.5, 0.6) is 5.75 Å². The Morgan fingerprint density at radius 2 is 1.90 bits per heavy atom. The lowest BCUT2D eigenvalue weighted by Crippen LogP contribution is -2.38. The van der Waals surface area contributed by atoms with E-state index in [9.17, 15) is 18.0 Å². The Labute approximate surface area is 166 Å². The SMILES string of the molecule is CN=C(NCCC(=O)Nc1cccc(C)n1)NCc1ccccc1OC(F)(F)F. The molecule has 0 saturated heterocycles. The maximum Gasteiger partial charge on any atom is 0.573 e. The molecule has 0 bridgehead atoms. The Kier molecular flexibility index (Phi) is 7.81. The van der Waals surface area contributed by atoms with Crippen molar-refractivity contribution in [1.82, 2.24) is 15.6 Å². The molecule has 0 saturated carbocycles. The standard InChI is InChI=1S/C19H22F3N5O2/c1-13-6-5-9-16(26-13)27-17(28)10-11-24-18(23-2)25-12-14-7-3-4-8-15(14)29-19(20,21)22/h3-9H,10-12H2,1-2H3,(H2,23,24,25)(H,26,27,28). The van der Waals surface area contributed by atoms with E-state index in [4.69, 9.17) is 0 Å². The number of anilines is 1. The van der Waals surface area contributed by atoms with Gasteiger partial charge in [-0.15, -0.1) is 13.2 Å². The third kappa shape index (κ3) is 8.08. The Morgan fingerprint density at radius 3 is 2.59 bits per heavy atom. The lowest BCUT2D eigenvalue weighted by atomic mass is 10.2. The van der Waals surface area contributed by atoms with Crippen LogP contribution in [0, 0.1) is 6.92 Å². The highest BCUT2D eigenvalue weighted by Gasteiger charge is 2.31. The van der Waals surface area contributed by atoms with Gasteiger partial charge in [0.2, 0.25) is 5.91 Å². The van der Waals surface area contributed by atoms with Crippen molar-refractivity contribution in [2.45, 2.75) is 26.3 Å². The molecule has 1 aromatic carbocycles. The molecule has 1 aromatic heterocycles. The van der Waals surface area contributed by atoms with Crippen LogP contribution in [0.25, 0.3) is 0 Å². The van der Waals surface area contributed by atoms with Crippen LogP contribution in [-0.4, -0.2) is 36.8 Å². The molecule has 156 valence electrons. The van der Waals surface area contributed by atoms with Crippen LogP contribution in [0.4, 0.5) is 19.0 Å². The normalized spacial score (nSPS) is 11.7. The number of amides is 1. The average molecular weight is 409 g/mol. The summed E-state index contributed by atoms with van der Waals surface area (Å²) in [7, 11) is 1.52. The number of carbonyl (C=O) groups is 1. The number of para-hydroxylation sites is 1. The molecule has 0 fully saturated rings. The zero-order valence-electron chi connectivity index (χ0n) is 16.0. The number of pyridine rings is 1. The van der Waals surface area contributed by atoms with E-state index in [1.807, 2.05) is 13.0 Å². The van der Waals surface area contributed by atoms with Crippen molar-refractivity contribution in [2.75, 3.05) is 18.9 Å². The van der Waals surface area contributed by atoms with Crippen LogP contribution in [0.15, 0.2) is 47.5 Å². The highest BCUT2D eigenvalue weighted by atomic mass is 19.4. The maximum atomic E-state index is 12.5. The number of hydrogen-bond acceptors (Lipinski definition) is 4. The second-order valence-corrected chi connectivity index (χ2v) is 5.97. The number of nitrogens with zero attached hydrogens (tertiary/aromatic N) is 2. The van der Waals surface area contributed by atoms with Gasteiger partial charge in [-0.1, -0.05) is 24.3 Å². The van der Waals surface area contributed by atoms with Gasteiger partial charge in [0.15, 0.2) is 5.96 Å². The molecular weight excluding hydrogens is 387 g/mol. The van der Waals surface area contributed by atoms with Crippen LogP contribution in [0.1, 0.15) is 17.7 Å². The molecule has 2 rings (SSSR count). The fourth-order valence-corrected chi connectivity index (χ4v) is 2.39. The minimum atomic E-state index is -4.77. The van der Waals surface area contributed by atoms with Crippen LogP contribution in [0.3, 0.4) is 0 Å². The van der Waals surface area contributed by atoms with Gasteiger partial charge in [-0.25, -0.2) is 4.98 Å². The van der Waals surface area contributed by atoms with Gasteiger partial charge >= 0.3 is 6.36 Å². The zero-order chi connectivity index (χ0) is 21.3. The number of aliphatic imine (C=N–C) groups is 1. The Balaban J connectivity index is 1.81. The number of aromatic nitrogens is 1. The Bertz CT molecular complexity index is 856. The van der Waals surface area contributed by atoms with Crippen molar-refractivity contribution in [2.24, 2.45) is 4.99 Å². The van der Waals surface area contributed by atoms with E-state index in [1.54, 1.807) is 18.2 Å².